The highest BCUT2D eigenvalue weighted by Gasteiger charge is 2.10. The molecule has 1 rings (SSSR count). The van der Waals surface area contributed by atoms with E-state index in [0.717, 1.165) is 6.42 Å². The zero-order chi connectivity index (χ0) is 5.98. The van der Waals surface area contributed by atoms with E-state index in [4.69, 9.17) is 0 Å². The van der Waals surface area contributed by atoms with E-state index in [1.54, 1.807) is 0 Å². The first-order chi connectivity index (χ1) is 3.83. The van der Waals surface area contributed by atoms with Gasteiger partial charge in [0.2, 0.25) is 0 Å². The Bertz CT molecular complexity index is 134. The summed E-state index contributed by atoms with van der Waals surface area (Å²) in [4.78, 5) is 0. The molecule has 0 aromatic rings. The van der Waals surface area contributed by atoms with Gasteiger partial charge in [-0.3, -0.25) is 0 Å². The first-order valence-electron chi connectivity index (χ1n) is 3.05. The SMILES string of the molecule is CCC1=C[C+](C)C=C1.[I-]. The topological polar surface area (TPSA) is 0 Å². The molecule has 1 aliphatic carbocycles. The highest BCUT2D eigenvalue weighted by Crippen LogP contribution is 2.18. The normalized spacial score (nSPS) is 15.3. The number of hydrogen-bond acceptors (Lipinski definition) is 0. The summed E-state index contributed by atoms with van der Waals surface area (Å²) >= 11 is 0. The van der Waals surface area contributed by atoms with Crippen molar-refractivity contribution in [2.45, 2.75) is 20.3 Å². The van der Waals surface area contributed by atoms with Crippen LogP contribution >= 0.6 is 0 Å². The molecule has 0 heterocycles. The highest BCUT2D eigenvalue weighted by molar-refractivity contribution is 5.39. The molecule has 50 valence electrons. The van der Waals surface area contributed by atoms with Crippen LogP contribution in [0.5, 0.6) is 0 Å². The lowest BCUT2D eigenvalue weighted by atomic mass is 10.2. The Kier molecular flexibility index (Phi) is 4.02. The molecule has 0 radical (unpaired) electrons. The van der Waals surface area contributed by atoms with Crippen LogP contribution in [0.25, 0.3) is 0 Å². The summed E-state index contributed by atoms with van der Waals surface area (Å²) < 4.78 is 0. The standard InChI is InChI=1S/C8H11.HI/c1-3-8-5-4-7(2)6-8;/h4-6H,3H2,1-2H3;1H/q+1;/p-1. The van der Waals surface area contributed by atoms with Crippen LogP contribution in [-0.2, 0) is 0 Å². The Labute approximate surface area is 74.1 Å². The van der Waals surface area contributed by atoms with Crippen LogP contribution in [0.4, 0.5) is 0 Å². The van der Waals surface area contributed by atoms with Gasteiger partial charge >= 0.3 is 0 Å². The largest absolute Gasteiger partial charge is 1.00 e. The van der Waals surface area contributed by atoms with E-state index >= 15 is 0 Å². The summed E-state index contributed by atoms with van der Waals surface area (Å²) in [5.41, 5.74) is 1.45. The van der Waals surface area contributed by atoms with Crippen LogP contribution in [0.15, 0.2) is 23.8 Å². The molecular weight excluding hydrogens is 223 g/mol. The molecular formula is C8H11I. The first kappa shape index (κ1) is 9.08. The van der Waals surface area contributed by atoms with Crippen molar-refractivity contribution in [2.75, 3.05) is 0 Å². The maximum atomic E-state index is 2.22. The summed E-state index contributed by atoms with van der Waals surface area (Å²) in [6.07, 6.45) is 7.71. The van der Waals surface area contributed by atoms with Gasteiger partial charge in [-0.2, -0.15) is 0 Å². The Balaban J connectivity index is 0.000000640. The van der Waals surface area contributed by atoms with Gasteiger partial charge < -0.3 is 24.0 Å². The molecule has 0 aliphatic heterocycles. The van der Waals surface area contributed by atoms with Gasteiger partial charge in [-0.1, -0.05) is 0 Å². The predicted octanol–water partition coefficient (Wildman–Crippen LogP) is -0.509. The maximum absolute atomic E-state index is 2.22. The zero-order valence-electron chi connectivity index (χ0n) is 5.82. The van der Waals surface area contributed by atoms with Gasteiger partial charge in [-0.25, -0.2) is 0 Å². The van der Waals surface area contributed by atoms with Crippen LogP contribution < -0.4 is 24.0 Å². The van der Waals surface area contributed by atoms with Crippen molar-refractivity contribution >= 4 is 0 Å². The van der Waals surface area contributed by atoms with Gasteiger partial charge in [0.15, 0.2) is 0 Å². The van der Waals surface area contributed by atoms with Crippen LogP contribution in [0, 0.1) is 5.92 Å². The van der Waals surface area contributed by atoms with E-state index in [1.165, 1.54) is 11.5 Å². The summed E-state index contributed by atoms with van der Waals surface area (Å²) in [7, 11) is 0. The number of rotatable bonds is 1. The molecule has 0 amide bonds. The molecule has 0 spiro atoms. The van der Waals surface area contributed by atoms with Crippen LogP contribution in [-0.4, -0.2) is 0 Å². The molecule has 0 nitrogen and oxygen atoms in total. The molecule has 0 bridgehead atoms. The Morgan fingerprint density at radius 1 is 1.56 bits per heavy atom. The van der Waals surface area contributed by atoms with E-state index in [1.807, 2.05) is 0 Å². The predicted molar refractivity (Wildman–Crippen MR) is 36.4 cm³/mol. The molecule has 0 aromatic heterocycles. The molecule has 0 atom stereocenters. The van der Waals surface area contributed by atoms with Gasteiger partial charge in [-0.05, 0) is 6.92 Å². The molecule has 0 unspecified atom stereocenters. The second kappa shape index (κ2) is 3.99. The van der Waals surface area contributed by atoms with Gasteiger partial charge in [0.1, 0.15) is 0 Å². The van der Waals surface area contributed by atoms with Gasteiger partial charge in [0.05, 0.1) is 29.7 Å². The van der Waals surface area contributed by atoms with Crippen molar-refractivity contribution < 1.29 is 24.0 Å². The van der Waals surface area contributed by atoms with Crippen LogP contribution in [0.3, 0.4) is 0 Å². The quantitative estimate of drug-likeness (QED) is 0.423. The number of allylic oxidation sites excluding steroid dienone is 4. The second-order valence-electron chi connectivity index (χ2n) is 2.15. The fraction of sp³-hybridized carbons (Fsp3) is 0.375. The number of halogens is 1. The highest BCUT2D eigenvalue weighted by atomic mass is 127. The molecule has 0 aromatic carbocycles. The Morgan fingerprint density at radius 3 is 2.44 bits per heavy atom. The van der Waals surface area contributed by atoms with Gasteiger partial charge in [-0.15, -0.1) is 0 Å². The minimum Gasteiger partial charge on any atom is -1.00 e. The molecule has 1 aliphatic rings. The van der Waals surface area contributed by atoms with Crippen LogP contribution in [0.1, 0.15) is 20.3 Å². The van der Waals surface area contributed by atoms with Crippen molar-refractivity contribution in [3.05, 3.63) is 29.7 Å². The summed E-state index contributed by atoms with van der Waals surface area (Å²) in [6.45, 7) is 4.30. The maximum Gasteiger partial charge on any atom is 0.0931 e. The van der Waals surface area contributed by atoms with E-state index < -0.39 is 0 Å². The minimum atomic E-state index is 0. The second-order valence-corrected chi connectivity index (χ2v) is 2.15. The molecule has 0 saturated heterocycles. The minimum absolute atomic E-state index is 0. The number of hydrogen-bond donors (Lipinski definition) is 0. The summed E-state index contributed by atoms with van der Waals surface area (Å²) in [6, 6.07) is 0. The lowest BCUT2D eigenvalue weighted by molar-refractivity contribution is -0.00000176. The van der Waals surface area contributed by atoms with Crippen molar-refractivity contribution in [3.8, 4) is 0 Å². The average Bonchev–Trinajstić information content (AvgIpc) is 2.14. The molecule has 1 heteroatoms. The fourth-order valence-corrected chi connectivity index (χ4v) is 0.847. The summed E-state index contributed by atoms with van der Waals surface area (Å²) in [5, 5.41) is 0. The Morgan fingerprint density at radius 2 is 2.22 bits per heavy atom. The third kappa shape index (κ3) is 2.43. The van der Waals surface area contributed by atoms with Crippen molar-refractivity contribution in [3.63, 3.8) is 0 Å². The lowest BCUT2D eigenvalue weighted by Gasteiger charge is -1.79. The lowest BCUT2D eigenvalue weighted by Crippen LogP contribution is -3.00. The van der Waals surface area contributed by atoms with Gasteiger partial charge in [0, 0.05) is 13.3 Å². The van der Waals surface area contributed by atoms with E-state index in [9.17, 15) is 0 Å². The third-order valence-electron chi connectivity index (χ3n) is 1.38. The van der Waals surface area contributed by atoms with Crippen LogP contribution in [0.2, 0.25) is 0 Å². The first-order valence-corrected chi connectivity index (χ1v) is 3.05. The molecule has 0 N–H and O–H groups in total. The monoisotopic (exact) mass is 234 g/mol. The molecule has 0 fully saturated rings. The molecule has 9 heavy (non-hydrogen) atoms. The van der Waals surface area contributed by atoms with E-state index in [0.29, 0.717) is 0 Å². The fourth-order valence-electron chi connectivity index (χ4n) is 0.847. The van der Waals surface area contributed by atoms with E-state index in [-0.39, 0.29) is 24.0 Å². The van der Waals surface area contributed by atoms with Crippen molar-refractivity contribution in [2.24, 2.45) is 0 Å². The zero-order valence-corrected chi connectivity index (χ0v) is 7.97. The molecule has 0 saturated carbocycles. The van der Waals surface area contributed by atoms with Crippen molar-refractivity contribution in [1.29, 1.82) is 0 Å². The summed E-state index contributed by atoms with van der Waals surface area (Å²) in [5.74, 6) is 1.38. The smallest absolute Gasteiger partial charge is 0.0931 e. The average molecular weight is 234 g/mol. The third-order valence-corrected chi connectivity index (χ3v) is 1.38. The Hall–Kier alpha value is 0.0800. The van der Waals surface area contributed by atoms with E-state index in [2.05, 4.69) is 32.1 Å². The van der Waals surface area contributed by atoms with Crippen molar-refractivity contribution in [1.82, 2.24) is 0 Å². The van der Waals surface area contributed by atoms with Gasteiger partial charge in [0.25, 0.3) is 0 Å².